The number of fused-ring (bicyclic) bond motifs is 1. The molecule has 1 aliphatic rings. The number of rotatable bonds is 8. The molecule has 3 heterocycles. The fraction of sp³-hybridized carbons (Fsp3) is 0.350. The third-order valence-electron chi connectivity index (χ3n) is 5.09. The van der Waals surface area contributed by atoms with E-state index in [1.165, 1.54) is 12.1 Å². The van der Waals surface area contributed by atoms with Gasteiger partial charge in [0.2, 0.25) is 15.9 Å². The molecule has 1 N–H and O–H groups in total. The highest BCUT2D eigenvalue weighted by Crippen LogP contribution is 2.25. The monoisotopic (exact) mass is 445 g/mol. The number of anilines is 1. The summed E-state index contributed by atoms with van der Waals surface area (Å²) in [5, 5.41) is 8.38. The fourth-order valence-corrected chi connectivity index (χ4v) is 5.26. The molecule has 8 nitrogen and oxygen atoms in total. The number of carbonyl (C=O) groups excluding carboxylic acids is 1. The number of pyridine rings is 1. The predicted molar refractivity (Wildman–Crippen MR) is 117 cm³/mol. The molecule has 0 bridgehead atoms. The van der Waals surface area contributed by atoms with Crippen molar-refractivity contribution in [2.75, 3.05) is 23.5 Å². The minimum atomic E-state index is -3.78. The Morgan fingerprint density at radius 1 is 1.17 bits per heavy atom. The van der Waals surface area contributed by atoms with Gasteiger partial charge in [-0.15, -0.1) is 10.2 Å². The van der Waals surface area contributed by atoms with Crippen molar-refractivity contribution >= 4 is 39.0 Å². The summed E-state index contributed by atoms with van der Waals surface area (Å²) in [4.78, 5) is 13.8. The van der Waals surface area contributed by atoms with Gasteiger partial charge in [0.1, 0.15) is 0 Å². The Balaban J connectivity index is 1.59. The van der Waals surface area contributed by atoms with Crippen molar-refractivity contribution in [1.82, 2.24) is 19.3 Å². The molecule has 1 fully saturated rings. The van der Waals surface area contributed by atoms with Crippen molar-refractivity contribution in [3.63, 3.8) is 0 Å². The Bertz CT molecular complexity index is 1140. The minimum Gasteiger partial charge on any atom is -0.312 e. The third-order valence-corrected chi connectivity index (χ3v) is 7.22. The lowest BCUT2D eigenvalue weighted by Crippen LogP contribution is -2.30. The van der Waals surface area contributed by atoms with E-state index in [0.29, 0.717) is 30.9 Å². The molecule has 4 rings (SSSR count). The van der Waals surface area contributed by atoms with Crippen LogP contribution in [0.25, 0.3) is 5.65 Å². The summed E-state index contributed by atoms with van der Waals surface area (Å²) in [6, 6.07) is 11.5. The van der Waals surface area contributed by atoms with Crippen LogP contribution in [0.3, 0.4) is 0 Å². The molecule has 1 aromatic carbocycles. The van der Waals surface area contributed by atoms with Gasteiger partial charge in [-0.05, 0) is 61.2 Å². The average molecular weight is 446 g/mol. The quantitative estimate of drug-likeness (QED) is 0.573. The molecule has 0 spiro atoms. The SMILES string of the molecule is CSCC[C@H](NS(=O)(=O)c1ccc(N2CCCC2=O)cc1)c1nnc2ccccn12. The van der Waals surface area contributed by atoms with E-state index in [9.17, 15) is 13.2 Å². The van der Waals surface area contributed by atoms with Gasteiger partial charge in [-0.25, -0.2) is 13.1 Å². The Morgan fingerprint density at radius 3 is 2.67 bits per heavy atom. The van der Waals surface area contributed by atoms with Crippen LogP contribution in [0.15, 0.2) is 53.6 Å². The summed E-state index contributed by atoms with van der Waals surface area (Å²) in [6.07, 6.45) is 5.74. The summed E-state index contributed by atoms with van der Waals surface area (Å²) < 4.78 is 30.7. The molecule has 10 heteroatoms. The number of nitrogens with one attached hydrogen (secondary N) is 1. The average Bonchev–Trinajstić information content (AvgIpc) is 3.37. The van der Waals surface area contributed by atoms with E-state index in [1.807, 2.05) is 30.7 Å². The molecule has 0 aliphatic carbocycles. The zero-order chi connectivity index (χ0) is 21.1. The molecule has 0 unspecified atom stereocenters. The smallest absolute Gasteiger partial charge is 0.241 e. The third kappa shape index (κ3) is 4.21. The molecule has 3 aromatic rings. The first kappa shape index (κ1) is 20.8. The first-order valence-corrected chi connectivity index (χ1v) is 12.6. The standard InChI is InChI=1S/C20H23N5O3S2/c1-29-14-11-17(20-22-21-18-5-2-3-12-25(18)20)23-30(27,28)16-9-7-15(8-10-16)24-13-4-6-19(24)26/h2-3,5,7-10,12,17,23H,4,6,11,13-14H2,1H3/t17-/m0/s1. The molecule has 0 saturated carbocycles. The van der Waals surface area contributed by atoms with Gasteiger partial charge in [-0.1, -0.05) is 6.07 Å². The van der Waals surface area contributed by atoms with Crippen molar-refractivity contribution in [2.24, 2.45) is 0 Å². The summed E-state index contributed by atoms with van der Waals surface area (Å²) in [5.41, 5.74) is 1.39. The van der Waals surface area contributed by atoms with E-state index >= 15 is 0 Å². The lowest BCUT2D eigenvalue weighted by atomic mass is 10.2. The minimum absolute atomic E-state index is 0.0690. The lowest BCUT2D eigenvalue weighted by molar-refractivity contribution is -0.117. The van der Waals surface area contributed by atoms with Crippen molar-refractivity contribution < 1.29 is 13.2 Å². The Kier molecular flexibility index (Phi) is 6.07. The first-order valence-electron chi connectivity index (χ1n) is 9.71. The maximum atomic E-state index is 13.1. The normalized spacial score (nSPS) is 15.8. The van der Waals surface area contributed by atoms with Crippen LogP contribution in [0.1, 0.15) is 31.1 Å². The Morgan fingerprint density at radius 2 is 1.97 bits per heavy atom. The van der Waals surface area contributed by atoms with Gasteiger partial charge < -0.3 is 4.90 Å². The zero-order valence-corrected chi connectivity index (χ0v) is 18.2. The summed E-state index contributed by atoms with van der Waals surface area (Å²) in [6.45, 7) is 0.667. The number of carbonyl (C=O) groups is 1. The van der Waals surface area contributed by atoms with Crippen LogP contribution in [-0.2, 0) is 14.8 Å². The number of hydrogen-bond acceptors (Lipinski definition) is 6. The van der Waals surface area contributed by atoms with E-state index in [4.69, 9.17) is 0 Å². The van der Waals surface area contributed by atoms with Crippen molar-refractivity contribution in [2.45, 2.75) is 30.2 Å². The molecule has 1 amide bonds. The number of thioether (sulfide) groups is 1. The number of benzene rings is 1. The van der Waals surface area contributed by atoms with E-state index in [-0.39, 0.29) is 10.8 Å². The summed E-state index contributed by atoms with van der Waals surface area (Å²) in [7, 11) is -3.78. The molecule has 1 atom stereocenters. The van der Waals surface area contributed by atoms with Crippen LogP contribution >= 0.6 is 11.8 Å². The van der Waals surface area contributed by atoms with E-state index in [0.717, 1.165) is 17.9 Å². The number of hydrogen-bond donors (Lipinski definition) is 1. The van der Waals surface area contributed by atoms with Crippen LogP contribution < -0.4 is 9.62 Å². The van der Waals surface area contributed by atoms with E-state index in [1.54, 1.807) is 33.2 Å². The first-order chi connectivity index (χ1) is 14.5. The molecule has 0 radical (unpaired) electrons. The summed E-state index contributed by atoms with van der Waals surface area (Å²) in [5.74, 6) is 1.40. The number of amides is 1. The second kappa shape index (κ2) is 8.75. The highest BCUT2D eigenvalue weighted by atomic mass is 32.2. The second-order valence-corrected chi connectivity index (χ2v) is 9.78. The van der Waals surface area contributed by atoms with Crippen molar-refractivity contribution in [1.29, 1.82) is 0 Å². The van der Waals surface area contributed by atoms with Gasteiger partial charge in [0, 0.05) is 24.8 Å². The molecule has 30 heavy (non-hydrogen) atoms. The number of sulfonamides is 1. The van der Waals surface area contributed by atoms with E-state index in [2.05, 4.69) is 14.9 Å². The molecule has 1 aliphatic heterocycles. The van der Waals surface area contributed by atoms with Gasteiger partial charge in [0.25, 0.3) is 0 Å². The van der Waals surface area contributed by atoms with Crippen LogP contribution in [-0.4, -0.2) is 47.5 Å². The maximum Gasteiger partial charge on any atom is 0.241 e. The van der Waals surface area contributed by atoms with Gasteiger partial charge in [-0.3, -0.25) is 9.20 Å². The van der Waals surface area contributed by atoms with E-state index < -0.39 is 16.1 Å². The molecule has 2 aromatic heterocycles. The van der Waals surface area contributed by atoms with Crippen LogP contribution in [0, 0.1) is 0 Å². The van der Waals surface area contributed by atoms with Crippen LogP contribution in [0.4, 0.5) is 5.69 Å². The van der Waals surface area contributed by atoms with Gasteiger partial charge in [0.05, 0.1) is 10.9 Å². The highest BCUT2D eigenvalue weighted by Gasteiger charge is 2.26. The Labute approximate surface area is 179 Å². The second-order valence-electron chi connectivity index (χ2n) is 7.09. The largest absolute Gasteiger partial charge is 0.312 e. The molecule has 158 valence electrons. The molecule has 1 saturated heterocycles. The zero-order valence-electron chi connectivity index (χ0n) is 16.6. The van der Waals surface area contributed by atoms with Gasteiger partial charge in [0.15, 0.2) is 11.5 Å². The molecular weight excluding hydrogens is 422 g/mol. The van der Waals surface area contributed by atoms with Gasteiger partial charge in [-0.2, -0.15) is 11.8 Å². The summed E-state index contributed by atoms with van der Waals surface area (Å²) >= 11 is 1.64. The lowest BCUT2D eigenvalue weighted by Gasteiger charge is -2.18. The van der Waals surface area contributed by atoms with Crippen molar-refractivity contribution in [3.05, 3.63) is 54.5 Å². The van der Waals surface area contributed by atoms with Crippen molar-refractivity contribution in [3.8, 4) is 0 Å². The van der Waals surface area contributed by atoms with Gasteiger partial charge >= 0.3 is 0 Å². The topological polar surface area (TPSA) is 96.7 Å². The number of nitrogens with zero attached hydrogens (tertiary/aromatic N) is 4. The van der Waals surface area contributed by atoms with Crippen LogP contribution in [0.5, 0.6) is 0 Å². The van der Waals surface area contributed by atoms with Crippen LogP contribution in [0.2, 0.25) is 0 Å². The highest BCUT2D eigenvalue weighted by molar-refractivity contribution is 7.98. The predicted octanol–water partition coefficient (Wildman–Crippen LogP) is 2.63. The molecular formula is C20H23N5O3S2. The number of aromatic nitrogens is 3. The fourth-order valence-electron chi connectivity index (χ4n) is 3.56. The maximum absolute atomic E-state index is 13.1. The Hall–Kier alpha value is -2.43.